The van der Waals surface area contributed by atoms with E-state index < -0.39 is 10.9 Å². The van der Waals surface area contributed by atoms with Gasteiger partial charge in [0.05, 0.1) is 35.1 Å². The Balaban J connectivity index is 2.11. The minimum atomic E-state index is -0.510. The average Bonchev–Trinajstić information content (AvgIpc) is 2.68. The number of anilines is 1. The van der Waals surface area contributed by atoms with E-state index in [-0.39, 0.29) is 29.7 Å². The standard InChI is InChI=1S/C19H20ClN3O6/c1-3-27-17-10-13(9-16(20)19(17)29-12-18(24)28-4-2)11-21-22-14-5-7-15(8-6-14)23(25)26/h5-11,22H,3-4,12H2,1-2H3/b21-11-. The number of rotatable bonds is 10. The molecule has 0 saturated carbocycles. The van der Waals surface area contributed by atoms with E-state index >= 15 is 0 Å². The first-order chi connectivity index (χ1) is 13.9. The van der Waals surface area contributed by atoms with Crippen molar-refractivity contribution in [1.29, 1.82) is 0 Å². The molecular weight excluding hydrogens is 402 g/mol. The van der Waals surface area contributed by atoms with E-state index in [1.807, 2.05) is 0 Å². The number of hydrazone groups is 1. The van der Waals surface area contributed by atoms with Crippen molar-refractivity contribution in [1.82, 2.24) is 0 Å². The van der Waals surface area contributed by atoms with Gasteiger partial charge in [-0.05, 0) is 43.7 Å². The summed E-state index contributed by atoms with van der Waals surface area (Å²) in [6, 6.07) is 9.10. The second kappa shape index (κ2) is 10.9. The van der Waals surface area contributed by atoms with E-state index in [0.29, 0.717) is 23.6 Å². The van der Waals surface area contributed by atoms with Gasteiger partial charge in [-0.1, -0.05) is 11.6 Å². The zero-order chi connectivity index (χ0) is 21.2. The monoisotopic (exact) mass is 421 g/mol. The van der Waals surface area contributed by atoms with Crippen molar-refractivity contribution in [2.45, 2.75) is 13.8 Å². The van der Waals surface area contributed by atoms with Crippen LogP contribution in [0.15, 0.2) is 41.5 Å². The van der Waals surface area contributed by atoms with Gasteiger partial charge in [-0.25, -0.2) is 4.79 Å². The number of halogens is 1. The molecule has 2 rings (SSSR count). The Morgan fingerprint density at radius 2 is 1.93 bits per heavy atom. The molecular formula is C19H20ClN3O6. The van der Waals surface area contributed by atoms with E-state index in [2.05, 4.69) is 10.5 Å². The molecule has 0 bridgehead atoms. The number of nitro benzene ring substituents is 1. The molecule has 2 aromatic rings. The summed E-state index contributed by atoms with van der Waals surface area (Å²) in [4.78, 5) is 21.7. The summed E-state index contributed by atoms with van der Waals surface area (Å²) in [6.45, 7) is 3.84. The quantitative estimate of drug-likeness (QED) is 0.266. The van der Waals surface area contributed by atoms with Crippen LogP contribution < -0.4 is 14.9 Å². The number of nitrogens with zero attached hydrogens (tertiary/aromatic N) is 2. The van der Waals surface area contributed by atoms with Crippen LogP contribution in [-0.4, -0.2) is 36.9 Å². The summed E-state index contributed by atoms with van der Waals surface area (Å²) in [6.07, 6.45) is 1.50. The molecule has 1 N–H and O–H groups in total. The highest BCUT2D eigenvalue weighted by Crippen LogP contribution is 2.36. The molecule has 0 aromatic heterocycles. The maximum absolute atomic E-state index is 11.5. The van der Waals surface area contributed by atoms with Crippen molar-refractivity contribution in [3.8, 4) is 11.5 Å². The molecule has 0 unspecified atom stereocenters. The lowest BCUT2D eigenvalue weighted by molar-refractivity contribution is -0.384. The van der Waals surface area contributed by atoms with E-state index in [1.165, 1.54) is 18.3 Å². The van der Waals surface area contributed by atoms with Crippen LogP contribution in [0.25, 0.3) is 0 Å². The number of hydrogen-bond acceptors (Lipinski definition) is 8. The van der Waals surface area contributed by atoms with Crippen molar-refractivity contribution in [3.63, 3.8) is 0 Å². The summed E-state index contributed by atoms with van der Waals surface area (Å²) in [5, 5.41) is 15.0. The number of carbonyl (C=O) groups excluding carboxylic acids is 1. The second-order valence-corrected chi connectivity index (χ2v) is 5.94. The second-order valence-electron chi connectivity index (χ2n) is 5.53. The third-order valence-corrected chi connectivity index (χ3v) is 3.74. The summed E-state index contributed by atoms with van der Waals surface area (Å²) in [7, 11) is 0. The van der Waals surface area contributed by atoms with Crippen LogP contribution in [0.4, 0.5) is 11.4 Å². The number of carbonyl (C=O) groups is 1. The topological polar surface area (TPSA) is 112 Å². The molecule has 9 nitrogen and oxygen atoms in total. The number of nitrogens with one attached hydrogen (secondary N) is 1. The van der Waals surface area contributed by atoms with Gasteiger partial charge in [-0.3, -0.25) is 15.5 Å². The van der Waals surface area contributed by atoms with Gasteiger partial charge in [0.1, 0.15) is 0 Å². The third kappa shape index (κ3) is 6.65. The summed E-state index contributed by atoms with van der Waals surface area (Å²) < 4.78 is 15.8. The minimum Gasteiger partial charge on any atom is -0.490 e. The Labute approximate surface area is 172 Å². The lowest BCUT2D eigenvalue weighted by Gasteiger charge is -2.14. The Hall–Kier alpha value is -3.33. The lowest BCUT2D eigenvalue weighted by atomic mass is 10.2. The van der Waals surface area contributed by atoms with Gasteiger partial charge in [-0.2, -0.15) is 5.10 Å². The highest BCUT2D eigenvalue weighted by Gasteiger charge is 2.14. The molecule has 0 saturated heterocycles. The molecule has 0 atom stereocenters. The molecule has 0 amide bonds. The van der Waals surface area contributed by atoms with Crippen LogP contribution >= 0.6 is 11.6 Å². The number of non-ortho nitro benzene ring substituents is 1. The fraction of sp³-hybridized carbons (Fsp3) is 0.263. The minimum absolute atomic E-state index is 0.00826. The first kappa shape index (κ1) is 22.0. The SMILES string of the molecule is CCOC(=O)COc1c(Cl)cc(/C=N\Nc2ccc([N+](=O)[O-])cc2)cc1OCC. The molecule has 0 aliphatic carbocycles. The predicted octanol–water partition coefficient (Wildman–Crippen LogP) is 4.03. The van der Waals surface area contributed by atoms with Crippen molar-refractivity contribution < 1.29 is 23.9 Å². The van der Waals surface area contributed by atoms with E-state index in [1.54, 1.807) is 38.1 Å². The summed E-state index contributed by atoms with van der Waals surface area (Å²) >= 11 is 6.27. The Morgan fingerprint density at radius 3 is 2.55 bits per heavy atom. The molecule has 0 heterocycles. The number of hydrogen-bond donors (Lipinski definition) is 1. The molecule has 2 aromatic carbocycles. The first-order valence-corrected chi connectivity index (χ1v) is 9.10. The third-order valence-electron chi connectivity index (χ3n) is 3.46. The molecule has 0 aliphatic heterocycles. The fourth-order valence-electron chi connectivity index (χ4n) is 2.24. The largest absolute Gasteiger partial charge is 0.490 e. The Morgan fingerprint density at radius 1 is 1.21 bits per heavy atom. The first-order valence-electron chi connectivity index (χ1n) is 8.72. The van der Waals surface area contributed by atoms with E-state index in [9.17, 15) is 14.9 Å². The van der Waals surface area contributed by atoms with E-state index in [0.717, 1.165) is 0 Å². The lowest BCUT2D eigenvalue weighted by Crippen LogP contribution is -2.15. The molecule has 0 radical (unpaired) electrons. The van der Waals surface area contributed by atoms with E-state index in [4.69, 9.17) is 25.8 Å². The number of ether oxygens (including phenoxy) is 3. The van der Waals surface area contributed by atoms with Gasteiger partial charge in [0, 0.05) is 12.1 Å². The Bertz CT molecular complexity index is 886. The molecule has 0 aliphatic rings. The van der Waals surface area contributed by atoms with Gasteiger partial charge < -0.3 is 14.2 Å². The normalized spacial score (nSPS) is 10.6. The number of esters is 1. The molecule has 0 fully saturated rings. The molecule has 154 valence electrons. The van der Waals surface area contributed by atoms with Crippen LogP contribution in [0.1, 0.15) is 19.4 Å². The molecule has 10 heteroatoms. The van der Waals surface area contributed by atoms with Crippen molar-refractivity contribution in [2.24, 2.45) is 5.10 Å². The number of benzene rings is 2. The van der Waals surface area contributed by atoms with Gasteiger partial charge in [0.15, 0.2) is 18.1 Å². The van der Waals surface area contributed by atoms with Crippen LogP contribution in [0.3, 0.4) is 0 Å². The smallest absolute Gasteiger partial charge is 0.344 e. The summed E-state index contributed by atoms with van der Waals surface area (Å²) in [5.41, 5.74) is 3.96. The zero-order valence-electron chi connectivity index (χ0n) is 15.9. The zero-order valence-corrected chi connectivity index (χ0v) is 16.6. The predicted molar refractivity (Wildman–Crippen MR) is 109 cm³/mol. The van der Waals surface area contributed by atoms with Gasteiger partial charge in [0.25, 0.3) is 5.69 Å². The van der Waals surface area contributed by atoms with Crippen molar-refractivity contribution in [2.75, 3.05) is 25.2 Å². The highest BCUT2D eigenvalue weighted by atomic mass is 35.5. The average molecular weight is 422 g/mol. The van der Waals surface area contributed by atoms with Crippen molar-refractivity contribution >= 4 is 35.2 Å². The van der Waals surface area contributed by atoms with Gasteiger partial charge in [-0.15, -0.1) is 0 Å². The summed E-state index contributed by atoms with van der Waals surface area (Å²) in [5.74, 6) is 0.0899. The Kier molecular flexibility index (Phi) is 8.23. The molecule has 29 heavy (non-hydrogen) atoms. The van der Waals surface area contributed by atoms with Gasteiger partial charge in [0.2, 0.25) is 0 Å². The highest BCUT2D eigenvalue weighted by molar-refractivity contribution is 6.32. The van der Waals surface area contributed by atoms with Crippen LogP contribution in [0.5, 0.6) is 11.5 Å². The maximum Gasteiger partial charge on any atom is 0.344 e. The van der Waals surface area contributed by atoms with Gasteiger partial charge >= 0.3 is 5.97 Å². The van der Waals surface area contributed by atoms with Crippen LogP contribution in [0.2, 0.25) is 5.02 Å². The number of nitro groups is 1. The van der Waals surface area contributed by atoms with Crippen LogP contribution in [-0.2, 0) is 9.53 Å². The maximum atomic E-state index is 11.5. The van der Waals surface area contributed by atoms with Crippen LogP contribution in [0, 0.1) is 10.1 Å². The van der Waals surface area contributed by atoms with Crippen molar-refractivity contribution in [3.05, 3.63) is 57.1 Å². The fourth-order valence-corrected chi connectivity index (χ4v) is 2.51. The molecule has 0 spiro atoms.